The number of carbonyl (C=O) groups excluding carboxylic acids is 2. The molecule has 0 spiro atoms. The van der Waals surface area contributed by atoms with Gasteiger partial charge in [0, 0.05) is 30.7 Å². The number of halogens is 1. The maximum Gasteiger partial charge on any atom is 0.225 e. The SMILES string of the molecule is O=C(CCCC(=O)c1ccc(F)cc1)Nc1ccnc2ccnn12. The van der Waals surface area contributed by atoms with Gasteiger partial charge in [0.05, 0.1) is 6.20 Å². The van der Waals surface area contributed by atoms with E-state index in [2.05, 4.69) is 15.4 Å². The van der Waals surface area contributed by atoms with E-state index in [1.807, 2.05) is 0 Å². The minimum Gasteiger partial charge on any atom is -0.311 e. The summed E-state index contributed by atoms with van der Waals surface area (Å²) in [6.07, 6.45) is 4.03. The van der Waals surface area contributed by atoms with Crippen LogP contribution in [0.4, 0.5) is 10.2 Å². The molecule has 2 aromatic heterocycles. The van der Waals surface area contributed by atoms with Crippen LogP contribution in [0.25, 0.3) is 5.65 Å². The number of carbonyl (C=O) groups is 2. The van der Waals surface area contributed by atoms with Crippen LogP contribution in [0, 0.1) is 5.82 Å². The second-order valence-corrected chi connectivity index (χ2v) is 5.26. The van der Waals surface area contributed by atoms with Gasteiger partial charge in [-0.25, -0.2) is 9.37 Å². The van der Waals surface area contributed by atoms with Gasteiger partial charge in [-0.1, -0.05) is 0 Å². The first-order valence-corrected chi connectivity index (χ1v) is 7.51. The van der Waals surface area contributed by atoms with Crippen molar-refractivity contribution < 1.29 is 14.0 Å². The number of amides is 1. The van der Waals surface area contributed by atoms with E-state index in [1.165, 1.54) is 28.8 Å². The van der Waals surface area contributed by atoms with Gasteiger partial charge in [0.25, 0.3) is 0 Å². The van der Waals surface area contributed by atoms with E-state index in [0.717, 1.165) is 0 Å². The Morgan fingerprint density at radius 1 is 1.04 bits per heavy atom. The molecular weight excluding hydrogens is 311 g/mol. The topological polar surface area (TPSA) is 76.4 Å². The molecule has 3 rings (SSSR count). The average Bonchev–Trinajstić information content (AvgIpc) is 3.05. The Hall–Kier alpha value is -3.09. The monoisotopic (exact) mass is 326 g/mol. The summed E-state index contributed by atoms with van der Waals surface area (Å²) in [7, 11) is 0. The number of nitrogens with one attached hydrogen (secondary N) is 1. The van der Waals surface area contributed by atoms with Crippen LogP contribution in [-0.4, -0.2) is 26.3 Å². The zero-order valence-corrected chi connectivity index (χ0v) is 12.8. The molecule has 0 saturated heterocycles. The van der Waals surface area contributed by atoms with E-state index < -0.39 is 0 Å². The summed E-state index contributed by atoms with van der Waals surface area (Å²) < 4.78 is 14.4. The first kappa shape index (κ1) is 15.8. The molecule has 1 N–H and O–H groups in total. The number of aromatic nitrogens is 3. The van der Waals surface area contributed by atoms with Crippen molar-refractivity contribution in [2.45, 2.75) is 19.3 Å². The van der Waals surface area contributed by atoms with Crippen LogP contribution in [0.1, 0.15) is 29.6 Å². The number of benzene rings is 1. The molecule has 3 aromatic rings. The van der Waals surface area contributed by atoms with Crippen LogP contribution in [0.2, 0.25) is 0 Å². The lowest BCUT2D eigenvalue weighted by Crippen LogP contribution is -2.15. The van der Waals surface area contributed by atoms with Crippen molar-refractivity contribution in [2.75, 3.05) is 5.32 Å². The number of fused-ring (bicyclic) bond motifs is 1. The molecule has 0 atom stereocenters. The third-order valence-corrected chi connectivity index (χ3v) is 3.53. The summed E-state index contributed by atoms with van der Waals surface area (Å²) in [6, 6.07) is 8.78. The fraction of sp³-hybridized carbons (Fsp3) is 0.176. The molecule has 0 unspecified atom stereocenters. The first-order valence-electron chi connectivity index (χ1n) is 7.51. The molecule has 1 aromatic carbocycles. The number of nitrogens with zero attached hydrogens (tertiary/aromatic N) is 3. The lowest BCUT2D eigenvalue weighted by atomic mass is 10.1. The molecular formula is C17H15FN4O2. The molecule has 2 heterocycles. The van der Waals surface area contributed by atoms with Gasteiger partial charge in [0.15, 0.2) is 11.4 Å². The summed E-state index contributed by atoms with van der Waals surface area (Å²) in [4.78, 5) is 28.1. The van der Waals surface area contributed by atoms with Crippen LogP contribution in [0.5, 0.6) is 0 Å². The van der Waals surface area contributed by atoms with Gasteiger partial charge in [0.1, 0.15) is 11.6 Å². The lowest BCUT2D eigenvalue weighted by Gasteiger charge is -2.06. The molecule has 0 aliphatic carbocycles. The van der Waals surface area contributed by atoms with E-state index in [9.17, 15) is 14.0 Å². The Kier molecular flexibility index (Phi) is 4.60. The number of rotatable bonds is 6. The first-order chi connectivity index (χ1) is 11.6. The fourth-order valence-electron chi connectivity index (χ4n) is 2.32. The highest BCUT2D eigenvalue weighted by Crippen LogP contribution is 2.11. The maximum absolute atomic E-state index is 12.8. The summed E-state index contributed by atoms with van der Waals surface area (Å²) in [5.41, 5.74) is 1.09. The number of hydrogen-bond donors (Lipinski definition) is 1. The Morgan fingerprint density at radius 3 is 2.62 bits per heavy atom. The van der Waals surface area contributed by atoms with Gasteiger partial charge in [0.2, 0.25) is 5.91 Å². The van der Waals surface area contributed by atoms with Crippen molar-refractivity contribution in [2.24, 2.45) is 0 Å². The predicted octanol–water partition coefficient (Wildman–Crippen LogP) is 2.86. The molecule has 6 nitrogen and oxygen atoms in total. The van der Waals surface area contributed by atoms with E-state index in [-0.39, 0.29) is 30.3 Å². The van der Waals surface area contributed by atoms with Gasteiger partial charge in [-0.2, -0.15) is 9.61 Å². The van der Waals surface area contributed by atoms with Crippen LogP contribution < -0.4 is 5.32 Å². The largest absolute Gasteiger partial charge is 0.311 e. The number of Topliss-reactive ketones (excluding diaryl/α,β-unsaturated/α-hetero) is 1. The Morgan fingerprint density at radius 2 is 1.83 bits per heavy atom. The zero-order chi connectivity index (χ0) is 16.9. The van der Waals surface area contributed by atoms with E-state index >= 15 is 0 Å². The number of ketones is 1. The number of hydrogen-bond acceptors (Lipinski definition) is 4. The lowest BCUT2D eigenvalue weighted by molar-refractivity contribution is -0.116. The van der Waals surface area contributed by atoms with Gasteiger partial charge in [-0.3, -0.25) is 9.59 Å². The average molecular weight is 326 g/mol. The van der Waals surface area contributed by atoms with Crippen molar-refractivity contribution in [1.29, 1.82) is 0 Å². The van der Waals surface area contributed by atoms with Crippen molar-refractivity contribution in [1.82, 2.24) is 14.6 Å². The number of anilines is 1. The summed E-state index contributed by atoms with van der Waals surface area (Å²) in [6.45, 7) is 0. The van der Waals surface area contributed by atoms with Gasteiger partial charge in [-0.15, -0.1) is 0 Å². The Bertz CT molecular complexity index is 874. The van der Waals surface area contributed by atoms with Crippen molar-refractivity contribution in [3.8, 4) is 0 Å². The Labute approximate surface area is 137 Å². The van der Waals surface area contributed by atoms with Gasteiger partial charge >= 0.3 is 0 Å². The molecule has 0 aliphatic heterocycles. The second-order valence-electron chi connectivity index (χ2n) is 5.26. The van der Waals surface area contributed by atoms with Crippen LogP contribution in [0.15, 0.2) is 48.8 Å². The minimum atomic E-state index is -0.381. The highest BCUT2D eigenvalue weighted by Gasteiger charge is 2.10. The summed E-state index contributed by atoms with van der Waals surface area (Å²) in [5, 5.41) is 6.83. The molecule has 0 saturated carbocycles. The van der Waals surface area contributed by atoms with Gasteiger partial charge in [-0.05, 0) is 36.8 Å². The zero-order valence-electron chi connectivity index (χ0n) is 12.8. The van der Waals surface area contributed by atoms with Crippen molar-refractivity contribution >= 4 is 23.2 Å². The smallest absolute Gasteiger partial charge is 0.225 e. The molecule has 0 radical (unpaired) electrons. The van der Waals surface area contributed by atoms with Crippen molar-refractivity contribution in [3.63, 3.8) is 0 Å². The van der Waals surface area contributed by atoms with Crippen LogP contribution >= 0.6 is 0 Å². The highest BCUT2D eigenvalue weighted by atomic mass is 19.1. The van der Waals surface area contributed by atoms with E-state index in [1.54, 1.807) is 24.5 Å². The van der Waals surface area contributed by atoms with E-state index in [0.29, 0.717) is 23.4 Å². The fourth-order valence-corrected chi connectivity index (χ4v) is 2.32. The molecule has 0 bridgehead atoms. The minimum absolute atomic E-state index is 0.110. The van der Waals surface area contributed by atoms with Crippen molar-refractivity contribution in [3.05, 3.63) is 60.2 Å². The molecule has 0 fully saturated rings. The third kappa shape index (κ3) is 3.62. The molecule has 24 heavy (non-hydrogen) atoms. The third-order valence-electron chi connectivity index (χ3n) is 3.53. The highest BCUT2D eigenvalue weighted by molar-refractivity contribution is 5.96. The summed E-state index contributed by atoms with van der Waals surface area (Å²) in [5.74, 6) is -0.167. The maximum atomic E-state index is 12.8. The quantitative estimate of drug-likeness (QED) is 0.707. The molecule has 7 heteroatoms. The predicted molar refractivity (Wildman–Crippen MR) is 86.2 cm³/mol. The molecule has 122 valence electrons. The summed E-state index contributed by atoms with van der Waals surface area (Å²) >= 11 is 0. The van der Waals surface area contributed by atoms with Crippen LogP contribution in [0.3, 0.4) is 0 Å². The van der Waals surface area contributed by atoms with E-state index in [4.69, 9.17) is 0 Å². The van der Waals surface area contributed by atoms with Crippen LogP contribution in [-0.2, 0) is 4.79 Å². The molecule has 1 amide bonds. The Balaban J connectivity index is 1.51. The molecule has 0 aliphatic rings. The standard InChI is InChI=1S/C17H15FN4O2/c18-13-6-4-12(5-7-13)14(23)2-1-3-17(24)21-16-8-10-19-15-9-11-20-22(15)16/h4-11H,1-3H2,(H,21,24). The van der Waals surface area contributed by atoms with Gasteiger partial charge < -0.3 is 5.32 Å². The second kappa shape index (κ2) is 6.99. The normalized spacial score (nSPS) is 10.7.